The molecule has 0 bridgehead atoms. The number of anilines is 2. The summed E-state index contributed by atoms with van der Waals surface area (Å²) in [5, 5.41) is 4.89. The molecule has 5 nitrogen and oxygen atoms in total. The second-order valence-corrected chi connectivity index (χ2v) is 4.73. The van der Waals surface area contributed by atoms with Crippen LogP contribution in [-0.2, 0) is 0 Å². The topological polar surface area (TPSA) is 59.6 Å². The van der Waals surface area contributed by atoms with Crippen LogP contribution in [0.4, 0.5) is 25.0 Å². The van der Waals surface area contributed by atoms with Crippen LogP contribution in [0.25, 0.3) is 0 Å². The number of urea groups is 1. The fourth-order valence-electron chi connectivity index (χ4n) is 2.01. The van der Waals surface area contributed by atoms with Gasteiger partial charge in [-0.05, 0) is 38.1 Å². The number of carbonyl (C=O) groups is 1. The zero-order valence-corrected chi connectivity index (χ0v) is 13.4. The zero-order chi connectivity index (χ0) is 17.5. The number of benzene rings is 2. The third-order valence-electron chi connectivity index (χ3n) is 2.99. The highest BCUT2D eigenvalue weighted by Crippen LogP contribution is 2.29. The quantitative estimate of drug-likeness (QED) is 0.822. The highest BCUT2D eigenvalue weighted by Gasteiger charge is 2.12. The molecule has 0 aromatic heterocycles. The van der Waals surface area contributed by atoms with Crippen molar-refractivity contribution in [3.8, 4) is 11.5 Å². The van der Waals surface area contributed by atoms with E-state index in [9.17, 15) is 13.6 Å². The van der Waals surface area contributed by atoms with Crippen molar-refractivity contribution >= 4 is 17.4 Å². The molecule has 2 aromatic carbocycles. The van der Waals surface area contributed by atoms with Gasteiger partial charge in [0.15, 0.2) is 0 Å². The molecule has 0 fully saturated rings. The molecule has 2 N–H and O–H groups in total. The summed E-state index contributed by atoms with van der Waals surface area (Å²) in [5.74, 6) is -0.570. The highest BCUT2D eigenvalue weighted by atomic mass is 19.1. The van der Waals surface area contributed by atoms with Gasteiger partial charge in [0.25, 0.3) is 0 Å². The molecule has 7 heteroatoms. The Labute approximate surface area is 138 Å². The summed E-state index contributed by atoms with van der Waals surface area (Å²) in [7, 11) is 0. The molecule has 24 heavy (non-hydrogen) atoms. The monoisotopic (exact) mass is 336 g/mol. The van der Waals surface area contributed by atoms with Crippen LogP contribution < -0.4 is 20.1 Å². The van der Waals surface area contributed by atoms with Crippen molar-refractivity contribution in [2.75, 3.05) is 23.8 Å². The Morgan fingerprint density at radius 3 is 2.33 bits per heavy atom. The van der Waals surface area contributed by atoms with Crippen LogP contribution in [0.1, 0.15) is 13.8 Å². The first-order chi connectivity index (χ1) is 11.5. The van der Waals surface area contributed by atoms with Gasteiger partial charge in [0, 0.05) is 12.1 Å². The second-order valence-electron chi connectivity index (χ2n) is 4.73. The number of rotatable bonds is 6. The Kier molecular flexibility index (Phi) is 5.95. The average molecular weight is 336 g/mol. The van der Waals surface area contributed by atoms with Crippen molar-refractivity contribution in [3.05, 3.63) is 48.0 Å². The summed E-state index contributed by atoms with van der Waals surface area (Å²) in [6.07, 6.45) is 0. The Morgan fingerprint density at radius 1 is 0.958 bits per heavy atom. The minimum absolute atomic E-state index is 0.132. The lowest BCUT2D eigenvalue weighted by molar-refractivity contribution is 0.261. The minimum Gasteiger partial charge on any atom is -0.494 e. The number of carbonyl (C=O) groups excluding carboxylic acids is 1. The van der Waals surface area contributed by atoms with Crippen molar-refractivity contribution in [2.45, 2.75) is 13.8 Å². The smallest absolute Gasteiger partial charge is 0.323 e. The number of hydrogen-bond acceptors (Lipinski definition) is 3. The third kappa shape index (κ3) is 4.58. The van der Waals surface area contributed by atoms with Crippen LogP contribution in [0.3, 0.4) is 0 Å². The summed E-state index contributed by atoms with van der Waals surface area (Å²) < 4.78 is 37.3. The van der Waals surface area contributed by atoms with Gasteiger partial charge in [-0.15, -0.1) is 0 Å². The minimum atomic E-state index is -0.863. The fourth-order valence-corrected chi connectivity index (χ4v) is 2.01. The van der Waals surface area contributed by atoms with Crippen molar-refractivity contribution in [1.29, 1.82) is 0 Å². The van der Waals surface area contributed by atoms with E-state index in [1.165, 1.54) is 0 Å². The van der Waals surface area contributed by atoms with E-state index in [2.05, 4.69) is 10.6 Å². The predicted octanol–water partition coefficient (Wildman–Crippen LogP) is 4.41. The maximum atomic E-state index is 13.6. The van der Waals surface area contributed by atoms with Gasteiger partial charge in [0.2, 0.25) is 0 Å². The van der Waals surface area contributed by atoms with Gasteiger partial charge >= 0.3 is 6.03 Å². The predicted molar refractivity (Wildman–Crippen MR) is 87.8 cm³/mol. The van der Waals surface area contributed by atoms with E-state index in [1.54, 1.807) is 18.2 Å². The van der Waals surface area contributed by atoms with Crippen LogP contribution in [0.5, 0.6) is 11.5 Å². The van der Waals surface area contributed by atoms with Crippen molar-refractivity contribution in [3.63, 3.8) is 0 Å². The van der Waals surface area contributed by atoms with E-state index in [4.69, 9.17) is 9.47 Å². The summed E-state index contributed by atoms with van der Waals surface area (Å²) in [4.78, 5) is 12.1. The van der Waals surface area contributed by atoms with Gasteiger partial charge in [-0.1, -0.05) is 0 Å². The number of nitrogens with one attached hydrogen (secondary N) is 2. The molecule has 0 saturated heterocycles. The number of amides is 2. The van der Waals surface area contributed by atoms with E-state index in [0.717, 1.165) is 12.1 Å². The number of ether oxygens (including phenoxy) is 2. The fraction of sp³-hybridized carbons (Fsp3) is 0.235. The Balaban J connectivity index is 2.15. The molecule has 0 aliphatic rings. The maximum absolute atomic E-state index is 13.6. The standard InChI is InChI=1S/C17H18F2N2O3/c1-3-23-12-6-8-16(24-4-2)15(10-12)21-17(22)20-14-7-5-11(18)9-13(14)19/h5-10H,3-4H2,1-2H3,(H2,20,21,22). The van der Waals surface area contributed by atoms with E-state index >= 15 is 0 Å². The Bertz CT molecular complexity index is 723. The molecule has 2 aromatic rings. The van der Waals surface area contributed by atoms with E-state index in [-0.39, 0.29) is 5.69 Å². The molecular weight excluding hydrogens is 318 g/mol. The van der Waals surface area contributed by atoms with Gasteiger partial charge in [0.1, 0.15) is 23.1 Å². The largest absolute Gasteiger partial charge is 0.494 e. The van der Waals surface area contributed by atoms with Gasteiger partial charge in [0.05, 0.1) is 24.6 Å². The SMILES string of the molecule is CCOc1ccc(OCC)c(NC(=O)Nc2ccc(F)cc2F)c1. The molecule has 0 atom stereocenters. The first-order valence-corrected chi connectivity index (χ1v) is 7.46. The molecule has 0 saturated carbocycles. The van der Waals surface area contributed by atoms with E-state index in [1.807, 2.05) is 13.8 Å². The van der Waals surface area contributed by atoms with Gasteiger partial charge in [-0.2, -0.15) is 0 Å². The van der Waals surface area contributed by atoms with Crippen LogP contribution in [-0.4, -0.2) is 19.2 Å². The van der Waals surface area contributed by atoms with Gasteiger partial charge in [-0.25, -0.2) is 13.6 Å². The highest BCUT2D eigenvalue weighted by molar-refractivity contribution is 6.00. The summed E-state index contributed by atoms with van der Waals surface area (Å²) in [5.41, 5.74) is 0.246. The van der Waals surface area contributed by atoms with Crippen molar-refractivity contribution < 1.29 is 23.0 Å². The first kappa shape index (κ1) is 17.5. The molecular formula is C17H18F2N2O3. The summed E-state index contributed by atoms with van der Waals surface area (Å²) in [6.45, 7) is 4.54. The molecule has 2 amide bonds. The molecule has 128 valence electrons. The van der Waals surface area contributed by atoms with Crippen LogP contribution in [0.15, 0.2) is 36.4 Å². The third-order valence-corrected chi connectivity index (χ3v) is 2.99. The molecule has 0 heterocycles. The Hall–Kier alpha value is -2.83. The normalized spacial score (nSPS) is 10.2. The van der Waals surface area contributed by atoms with Crippen molar-refractivity contribution in [1.82, 2.24) is 0 Å². The first-order valence-electron chi connectivity index (χ1n) is 7.46. The molecule has 0 radical (unpaired) electrons. The lowest BCUT2D eigenvalue weighted by Crippen LogP contribution is -2.20. The van der Waals surface area contributed by atoms with Crippen LogP contribution in [0.2, 0.25) is 0 Å². The van der Waals surface area contributed by atoms with Crippen LogP contribution >= 0.6 is 0 Å². The van der Waals surface area contributed by atoms with E-state index < -0.39 is 17.7 Å². The van der Waals surface area contributed by atoms with E-state index in [0.29, 0.717) is 36.5 Å². The number of halogens is 2. The summed E-state index contributed by atoms with van der Waals surface area (Å²) >= 11 is 0. The molecule has 0 aliphatic carbocycles. The molecule has 2 rings (SSSR count). The molecule has 0 spiro atoms. The van der Waals surface area contributed by atoms with Gasteiger partial charge < -0.3 is 20.1 Å². The summed E-state index contributed by atoms with van der Waals surface area (Å²) in [6, 6.07) is 7.20. The zero-order valence-electron chi connectivity index (χ0n) is 13.4. The maximum Gasteiger partial charge on any atom is 0.323 e. The second kappa shape index (κ2) is 8.14. The molecule has 0 aliphatic heterocycles. The molecule has 0 unspecified atom stereocenters. The lowest BCUT2D eigenvalue weighted by Gasteiger charge is -2.14. The Morgan fingerprint density at radius 2 is 1.67 bits per heavy atom. The van der Waals surface area contributed by atoms with Crippen molar-refractivity contribution in [2.24, 2.45) is 0 Å². The lowest BCUT2D eigenvalue weighted by atomic mass is 10.2. The van der Waals surface area contributed by atoms with Gasteiger partial charge in [-0.3, -0.25) is 0 Å². The average Bonchev–Trinajstić information content (AvgIpc) is 2.53. The number of hydrogen-bond donors (Lipinski definition) is 2. The van der Waals surface area contributed by atoms with Crippen LogP contribution in [0, 0.1) is 11.6 Å².